The maximum absolute atomic E-state index is 13.3. The number of rotatable bonds is 4. The Morgan fingerprint density at radius 3 is 2.53 bits per heavy atom. The first-order chi connectivity index (χ1) is 9.08. The molecule has 2 aromatic carbocycles. The number of hydrogen-bond donors (Lipinski definition) is 2. The summed E-state index contributed by atoms with van der Waals surface area (Å²) in [4.78, 5) is 0. The van der Waals surface area contributed by atoms with E-state index in [9.17, 15) is 8.78 Å². The van der Waals surface area contributed by atoms with Crippen molar-refractivity contribution < 1.29 is 23.6 Å². The molecule has 0 aliphatic heterocycles. The number of hydrogen-bond acceptors (Lipinski definition) is 3. The van der Waals surface area contributed by atoms with Crippen molar-refractivity contribution in [2.24, 2.45) is 0 Å². The molecule has 2 N–H and O–H groups in total. The van der Waals surface area contributed by atoms with E-state index in [0.29, 0.717) is 11.0 Å². The van der Waals surface area contributed by atoms with Crippen LogP contribution in [-0.4, -0.2) is 17.2 Å². The summed E-state index contributed by atoms with van der Waals surface area (Å²) in [6, 6.07) is 10.0. The molecule has 0 aliphatic carbocycles. The Morgan fingerprint density at radius 1 is 1.05 bits per heavy atom. The molecule has 0 radical (unpaired) electrons. The van der Waals surface area contributed by atoms with Gasteiger partial charge in [0, 0.05) is 0 Å². The Morgan fingerprint density at radius 2 is 1.79 bits per heavy atom. The predicted molar refractivity (Wildman–Crippen MR) is 67.0 cm³/mol. The molecule has 0 amide bonds. The monoisotopic (exact) mass is 264 g/mol. The average molecular weight is 264 g/mol. The Balaban J connectivity index is 2.10. The van der Waals surface area contributed by atoms with Crippen molar-refractivity contribution in [3.63, 3.8) is 0 Å². The summed E-state index contributed by atoms with van der Waals surface area (Å²) in [5.41, 5.74) is 0.926. The Kier molecular flexibility index (Phi) is 4.14. The minimum Gasteiger partial charge on any atom is -0.486 e. The lowest BCUT2D eigenvalue weighted by Gasteiger charge is -2.08. The fraction of sp³-hybridized carbons (Fsp3) is 0.0769. The van der Waals surface area contributed by atoms with Gasteiger partial charge in [-0.1, -0.05) is 30.3 Å². The van der Waals surface area contributed by atoms with Crippen molar-refractivity contribution >= 4 is 12.6 Å². The summed E-state index contributed by atoms with van der Waals surface area (Å²) >= 11 is 0. The molecule has 0 aliphatic rings. The van der Waals surface area contributed by atoms with Crippen LogP contribution in [0.1, 0.15) is 5.56 Å². The van der Waals surface area contributed by atoms with Crippen LogP contribution in [0.4, 0.5) is 8.78 Å². The van der Waals surface area contributed by atoms with Crippen LogP contribution in [-0.2, 0) is 6.61 Å². The molecule has 2 aromatic rings. The molecule has 19 heavy (non-hydrogen) atoms. The van der Waals surface area contributed by atoms with Gasteiger partial charge in [-0.2, -0.15) is 4.39 Å². The molecule has 0 aromatic heterocycles. The summed E-state index contributed by atoms with van der Waals surface area (Å²) < 4.78 is 31.4. The second kappa shape index (κ2) is 5.82. The molecule has 0 saturated heterocycles. The van der Waals surface area contributed by atoms with E-state index in [2.05, 4.69) is 0 Å². The SMILES string of the molecule is OB(O)c1cccc(COc2cccc(F)c2F)c1. The van der Waals surface area contributed by atoms with Crippen LogP contribution < -0.4 is 10.2 Å². The van der Waals surface area contributed by atoms with Crippen molar-refractivity contribution in [2.45, 2.75) is 6.61 Å². The van der Waals surface area contributed by atoms with Crippen LogP contribution >= 0.6 is 0 Å². The van der Waals surface area contributed by atoms with Crippen molar-refractivity contribution in [1.82, 2.24) is 0 Å². The Hall–Kier alpha value is -1.92. The van der Waals surface area contributed by atoms with Gasteiger partial charge in [0.25, 0.3) is 0 Å². The maximum Gasteiger partial charge on any atom is 0.488 e. The highest BCUT2D eigenvalue weighted by atomic mass is 19.2. The molecular formula is C13H11BF2O3. The smallest absolute Gasteiger partial charge is 0.486 e. The second-order valence-corrected chi connectivity index (χ2v) is 3.96. The summed E-state index contributed by atoms with van der Waals surface area (Å²) in [6.07, 6.45) is 0. The predicted octanol–water partition coefficient (Wildman–Crippen LogP) is 1.22. The van der Waals surface area contributed by atoms with Crippen LogP contribution in [0.5, 0.6) is 5.75 Å². The highest BCUT2D eigenvalue weighted by Gasteiger charge is 2.12. The molecule has 0 unspecified atom stereocenters. The van der Waals surface area contributed by atoms with Crippen LogP contribution in [0.25, 0.3) is 0 Å². The number of halogens is 2. The molecule has 0 fully saturated rings. The first-order valence-corrected chi connectivity index (χ1v) is 5.59. The van der Waals surface area contributed by atoms with E-state index in [-0.39, 0.29) is 12.4 Å². The first kappa shape index (κ1) is 13.5. The first-order valence-electron chi connectivity index (χ1n) is 5.59. The molecule has 0 atom stereocenters. The van der Waals surface area contributed by atoms with E-state index in [0.717, 1.165) is 6.07 Å². The van der Waals surface area contributed by atoms with E-state index in [4.69, 9.17) is 14.8 Å². The highest BCUT2D eigenvalue weighted by molar-refractivity contribution is 6.58. The zero-order valence-corrected chi connectivity index (χ0v) is 9.88. The zero-order valence-electron chi connectivity index (χ0n) is 9.88. The van der Waals surface area contributed by atoms with Crippen LogP contribution in [0, 0.1) is 11.6 Å². The third kappa shape index (κ3) is 3.30. The van der Waals surface area contributed by atoms with Crippen LogP contribution in [0.15, 0.2) is 42.5 Å². The van der Waals surface area contributed by atoms with Gasteiger partial charge in [0.05, 0.1) is 0 Å². The van der Waals surface area contributed by atoms with Gasteiger partial charge in [-0.05, 0) is 23.2 Å². The molecular weight excluding hydrogens is 253 g/mol. The van der Waals surface area contributed by atoms with Gasteiger partial charge in [0.1, 0.15) is 6.61 Å². The second-order valence-electron chi connectivity index (χ2n) is 3.96. The fourth-order valence-corrected chi connectivity index (χ4v) is 1.60. The number of ether oxygens (including phenoxy) is 1. The zero-order chi connectivity index (χ0) is 13.8. The molecule has 2 rings (SSSR count). The van der Waals surface area contributed by atoms with Crippen LogP contribution in [0.2, 0.25) is 0 Å². The molecule has 0 saturated carbocycles. The molecule has 6 heteroatoms. The molecule has 3 nitrogen and oxygen atoms in total. The van der Waals surface area contributed by atoms with Gasteiger partial charge in [0.2, 0.25) is 5.82 Å². The van der Waals surface area contributed by atoms with E-state index < -0.39 is 18.8 Å². The summed E-state index contributed by atoms with van der Waals surface area (Å²) in [5.74, 6) is -2.20. The third-order valence-corrected chi connectivity index (χ3v) is 2.56. The number of benzene rings is 2. The normalized spacial score (nSPS) is 10.3. The van der Waals surface area contributed by atoms with Crippen molar-refractivity contribution in [3.8, 4) is 5.75 Å². The lowest BCUT2D eigenvalue weighted by molar-refractivity contribution is 0.284. The lowest BCUT2D eigenvalue weighted by Crippen LogP contribution is -2.29. The molecule has 0 spiro atoms. The van der Waals surface area contributed by atoms with Crippen LogP contribution in [0.3, 0.4) is 0 Å². The third-order valence-electron chi connectivity index (χ3n) is 2.56. The fourth-order valence-electron chi connectivity index (χ4n) is 1.60. The van der Waals surface area contributed by atoms with Crippen molar-refractivity contribution in [2.75, 3.05) is 0 Å². The molecule has 0 bridgehead atoms. The lowest BCUT2D eigenvalue weighted by atomic mass is 9.80. The van der Waals surface area contributed by atoms with Gasteiger partial charge in [-0.3, -0.25) is 0 Å². The Labute approximate surface area is 109 Å². The standard InChI is InChI=1S/C13H11BF2O3/c15-11-5-2-6-12(13(11)16)19-8-9-3-1-4-10(7-9)14(17)18/h1-7,17-18H,8H2. The van der Waals surface area contributed by atoms with E-state index in [1.165, 1.54) is 24.3 Å². The van der Waals surface area contributed by atoms with Gasteiger partial charge >= 0.3 is 7.12 Å². The largest absolute Gasteiger partial charge is 0.488 e. The van der Waals surface area contributed by atoms with E-state index in [1.807, 2.05) is 0 Å². The minimum atomic E-state index is -1.58. The Bertz CT molecular complexity index is 576. The summed E-state index contributed by atoms with van der Waals surface area (Å²) in [6.45, 7) is 0.000926. The minimum absolute atomic E-state index is 0.000926. The summed E-state index contributed by atoms with van der Waals surface area (Å²) in [5, 5.41) is 18.0. The van der Waals surface area contributed by atoms with Crippen molar-refractivity contribution in [1.29, 1.82) is 0 Å². The van der Waals surface area contributed by atoms with E-state index >= 15 is 0 Å². The molecule has 0 heterocycles. The van der Waals surface area contributed by atoms with Gasteiger partial charge in [0.15, 0.2) is 11.6 Å². The maximum atomic E-state index is 13.3. The van der Waals surface area contributed by atoms with Gasteiger partial charge < -0.3 is 14.8 Å². The van der Waals surface area contributed by atoms with E-state index in [1.54, 1.807) is 12.1 Å². The highest BCUT2D eigenvalue weighted by Crippen LogP contribution is 2.20. The summed E-state index contributed by atoms with van der Waals surface area (Å²) in [7, 11) is -1.58. The molecule has 98 valence electrons. The van der Waals surface area contributed by atoms with Crippen molar-refractivity contribution in [3.05, 3.63) is 59.7 Å². The average Bonchev–Trinajstić information content (AvgIpc) is 2.41. The quantitative estimate of drug-likeness (QED) is 0.816. The van der Waals surface area contributed by atoms with Gasteiger partial charge in [-0.25, -0.2) is 4.39 Å². The van der Waals surface area contributed by atoms with Gasteiger partial charge in [-0.15, -0.1) is 0 Å². The topological polar surface area (TPSA) is 49.7 Å².